The van der Waals surface area contributed by atoms with Crippen molar-refractivity contribution >= 4 is 27.1 Å². The molecule has 0 aliphatic rings. The van der Waals surface area contributed by atoms with Gasteiger partial charge in [-0.25, -0.2) is 19.6 Å². The third-order valence-electron chi connectivity index (χ3n) is 4.88. The number of carboxylic acids is 2. The Labute approximate surface area is 229 Å². The number of pyridine rings is 2. The van der Waals surface area contributed by atoms with Crippen LogP contribution >= 0.6 is 15.2 Å². The van der Waals surface area contributed by atoms with E-state index in [1.54, 1.807) is 0 Å². The fourth-order valence-corrected chi connectivity index (χ4v) is 4.54. The Bertz CT molecular complexity index is 1390. The molecule has 0 amide bonds. The topological polar surface area (TPSA) is 224 Å². The van der Waals surface area contributed by atoms with Gasteiger partial charge >= 0.3 is 11.9 Å². The van der Waals surface area contributed by atoms with Crippen molar-refractivity contribution in [2.45, 2.75) is 12.3 Å². The van der Waals surface area contributed by atoms with Crippen LogP contribution in [0.25, 0.3) is 11.1 Å². The number of hydrogen-bond acceptors (Lipinski definition) is 6. The van der Waals surface area contributed by atoms with Gasteiger partial charge in [0.05, 0.1) is 11.1 Å². The van der Waals surface area contributed by atoms with Gasteiger partial charge in [0.25, 0.3) is 0 Å². The summed E-state index contributed by atoms with van der Waals surface area (Å²) in [7, 11) is -8.76. The molecule has 0 fully saturated rings. The number of aromatic nitrogens is 2. The van der Waals surface area contributed by atoms with E-state index in [0.717, 1.165) is 0 Å². The van der Waals surface area contributed by atoms with Gasteiger partial charge in [0.15, 0.2) is 24.8 Å². The molecule has 0 saturated heterocycles. The van der Waals surface area contributed by atoms with Gasteiger partial charge in [-0.3, -0.25) is 0 Å². The SMILES string of the molecule is O=C(O)c1cccc(CP(=O)([O-])O)c1.O=C(O)c1cccc(CP(=O)([O-])O)c1.c1cc(-c2cc[nH+]cc2)cc[nH+]1. The van der Waals surface area contributed by atoms with Crippen LogP contribution in [0.5, 0.6) is 0 Å². The monoisotopic (exact) mass is 588 g/mol. The minimum absolute atomic E-state index is 0.00375. The first-order valence-corrected chi connectivity index (χ1v) is 14.9. The molecule has 210 valence electrons. The molecule has 12 nitrogen and oxygen atoms in total. The zero-order valence-electron chi connectivity index (χ0n) is 20.8. The van der Waals surface area contributed by atoms with Crippen LogP contribution < -0.4 is 19.8 Å². The Balaban J connectivity index is 0.000000211. The second-order valence-corrected chi connectivity index (χ2v) is 11.4. The summed E-state index contributed by atoms with van der Waals surface area (Å²) in [5.41, 5.74) is 2.95. The maximum Gasteiger partial charge on any atom is 0.335 e. The minimum Gasteiger partial charge on any atom is -0.778 e. The summed E-state index contributed by atoms with van der Waals surface area (Å²) in [6.07, 6.45) is 6.60. The van der Waals surface area contributed by atoms with Gasteiger partial charge in [-0.05, 0) is 46.5 Å². The van der Waals surface area contributed by atoms with Gasteiger partial charge in [-0.1, -0.05) is 24.3 Å². The van der Waals surface area contributed by atoms with Crippen molar-refractivity contribution in [3.63, 3.8) is 0 Å². The third kappa shape index (κ3) is 12.7. The highest BCUT2D eigenvalue weighted by Gasteiger charge is 2.08. The van der Waals surface area contributed by atoms with E-state index in [2.05, 4.69) is 34.2 Å². The van der Waals surface area contributed by atoms with Crippen molar-refractivity contribution in [2.24, 2.45) is 0 Å². The summed E-state index contributed by atoms with van der Waals surface area (Å²) in [5, 5.41) is 17.2. The Morgan fingerprint density at radius 2 is 0.950 bits per heavy atom. The van der Waals surface area contributed by atoms with Crippen LogP contribution in [0.4, 0.5) is 0 Å². The van der Waals surface area contributed by atoms with E-state index >= 15 is 0 Å². The molecule has 40 heavy (non-hydrogen) atoms. The smallest absolute Gasteiger partial charge is 0.335 e. The maximum atomic E-state index is 10.5. The van der Waals surface area contributed by atoms with Gasteiger partial charge in [0.1, 0.15) is 15.2 Å². The summed E-state index contributed by atoms with van der Waals surface area (Å²) < 4.78 is 21.0. The average molecular weight is 588 g/mol. The van der Waals surface area contributed by atoms with E-state index < -0.39 is 39.5 Å². The molecule has 6 N–H and O–H groups in total. The Hall–Kier alpha value is -4.02. The Morgan fingerprint density at radius 3 is 1.23 bits per heavy atom. The van der Waals surface area contributed by atoms with Crippen molar-refractivity contribution in [1.29, 1.82) is 0 Å². The molecule has 0 saturated carbocycles. The fraction of sp³-hybridized carbons (Fsp3) is 0.0769. The molecule has 0 aliphatic carbocycles. The predicted octanol–water partition coefficient (Wildman–Crippen LogP) is 1.84. The summed E-state index contributed by atoms with van der Waals surface area (Å²) in [6.45, 7) is 0. The Morgan fingerprint density at radius 1 is 0.625 bits per heavy atom. The lowest BCUT2D eigenvalue weighted by atomic mass is 10.1. The number of carboxylic acid groups (broad SMARTS) is 2. The zero-order valence-corrected chi connectivity index (χ0v) is 22.6. The summed E-state index contributed by atoms with van der Waals surface area (Å²) in [5.74, 6) is -2.27. The molecule has 2 heterocycles. The highest BCUT2D eigenvalue weighted by Crippen LogP contribution is 2.34. The molecular weight excluding hydrogens is 562 g/mol. The molecule has 0 spiro atoms. The number of aromatic amines is 2. The van der Waals surface area contributed by atoms with E-state index in [1.165, 1.54) is 59.7 Å². The van der Waals surface area contributed by atoms with Crippen LogP contribution in [0, 0.1) is 0 Å². The van der Waals surface area contributed by atoms with Gasteiger partial charge in [0, 0.05) is 36.6 Å². The molecule has 0 aliphatic heterocycles. The lowest BCUT2D eigenvalue weighted by molar-refractivity contribution is -0.378. The molecule has 2 atom stereocenters. The zero-order chi connectivity index (χ0) is 29.8. The van der Waals surface area contributed by atoms with E-state index in [9.17, 15) is 28.5 Å². The highest BCUT2D eigenvalue weighted by molar-refractivity contribution is 7.49. The Kier molecular flexibility index (Phi) is 12.0. The maximum absolute atomic E-state index is 10.5. The summed E-state index contributed by atoms with van der Waals surface area (Å²) >= 11 is 0. The molecule has 14 heteroatoms. The highest BCUT2D eigenvalue weighted by atomic mass is 31.2. The quantitative estimate of drug-likeness (QED) is 0.229. The molecule has 2 unspecified atom stereocenters. The van der Waals surface area contributed by atoms with Crippen LogP contribution in [0.15, 0.2) is 97.6 Å². The molecule has 4 aromatic rings. The van der Waals surface area contributed by atoms with Crippen LogP contribution in [0.2, 0.25) is 0 Å². The number of benzene rings is 2. The second-order valence-electron chi connectivity index (χ2n) is 8.18. The van der Waals surface area contributed by atoms with E-state index in [0.29, 0.717) is 0 Å². The number of H-pyrrole nitrogens is 2. The van der Waals surface area contributed by atoms with E-state index in [4.69, 9.17) is 20.0 Å². The minimum atomic E-state index is -4.38. The van der Waals surface area contributed by atoms with Crippen LogP contribution in [-0.4, -0.2) is 31.9 Å². The number of rotatable bonds is 7. The number of carbonyl (C=O) groups is 2. The van der Waals surface area contributed by atoms with Gasteiger partial charge in [-0.2, -0.15) is 0 Å². The largest absolute Gasteiger partial charge is 0.778 e. The van der Waals surface area contributed by atoms with Gasteiger partial charge in [-0.15, -0.1) is 0 Å². The molecule has 0 radical (unpaired) electrons. The second kappa shape index (κ2) is 14.9. The van der Waals surface area contributed by atoms with E-state index in [-0.39, 0.29) is 22.3 Å². The van der Waals surface area contributed by atoms with Crippen LogP contribution in [0.1, 0.15) is 31.8 Å². The summed E-state index contributed by atoms with van der Waals surface area (Å²) in [4.78, 5) is 65.1. The lowest BCUT2D eigenvalue weighted by Gasteiger charge is -2.15. The van der Waals surface area contributed by atoms with Crippen molar-refractivity contribution in [3.8, 4) is 11.1 Å². The summed E-state index contributed by atoms with van der Waals surface area (Å²) in [6, 6.07) is 19.0. The molecule has 2 aromatic heterocycles. The first kappa shape index (κ1) is 32.2. The van der Waals surface area contributed by atoms with Crippen molar-refractivity contribution in [1.82, 2.24) is 0 Å². The van der Waals surface area contributed by atoms with Gasteiger partial charge < -0.3 is 38.9 Å². The van der Waals surface area contributed by atoms with Crippen molar-refractivity contribution < 1.29 is 58.5 Å². The lowest BCUT2D eigenvalue weighted by Crippen LogP contribution is -2.03. The first-order valence-electron chi connectivity index (χ1n) is 11.4. The third-order valence-corrected chi connectivity index (χ3v) is 6.41. The predicted molar refractivity (Wildman–Crippen MR) is 139 cm³/mol. The molecular formula is C26H26N2O10P2. The number of nitrogens with one attached hydrogen (secondary N) is 2. The number of hydrogen-bond donors (Lipinski definition) is 4. The van der Waals surface area contributed by atoms with Crippen LogP contribution in [-0.2, 0) is 21.5 Å². The molecule has 2 aromatic carbocycles. The fourth-order valence-electron chi connectivity index (χ4n) is 3.23. The molecule has 4 rings (SSSR count). The van der Waals surface area contributed by atoms with Gasteiger partial charge in [0.2, 0.25) is 0 Å². The van der Waals surface area contributed by atoms with Crippen molar-refractivity contribution in [2.75, 3.05) is 0 Å². The van der Waals surface area contributed by atoms with E-state index in [1.807, 2.05) is 24.8 Å². The standard InChI is InChI=1S/C10H8N2.2C8H9O5P/c1-5-11-6-2-9(1)10-3-7-12-8-4-10;2*9-8(10)7-3-1-2-6(4-7)5-14(11,12)13/h1-8H;2*1-4H,5H2,(H,9,10)(H2,11,12,13). The normalized spacial score (nSPS) is 13.2. The first-order chi connectivity index (χ1) is 18.7. The molecule has 0 bridgehead atoms. The van der Waals surface area contributed by atoms with Crippen LogP contribution in [0.3, 0.4) is 0 Å². The number of aromatic carboxylic acids is 2. The average Bonchev–Trinajstić information content (AvgIpc) is 2.89. The van der Waals surface area contributed by atoms with Crippen molar-refractivity contribution in [3.05, 3.63) is 120 Å².